The number of amides is 1. The molecule has 5 heteroatoms. The molecule has 1 amide bonds. The first-order valence-corrected chi connectivity index (χ1v) is 7.45. The number of nitriles is 1. The minimum absolute atomic E-state index is 0.111. The van der Waals surface area contributed by atoms with Crippen LogP contribution in [-0.4, -0.2) is 11.7 Å². The number of nitrogens with two attached hydrogens (primary N) is 1. The third kappa shape index (κ3) is 4.26. The highest BCUT2D eigenvalue weighted by Gasteiger charge is 2.07. The lowest BCUT2D eigenvalue weighted by molar-refractivity contribution is -0.115. The Morgan fingerprint density at radius 3 is 2.67 bits per heavy atom. The van der Waals surface area contributed by atoms with Gasteiger partial charge in [-0.3, -0.25) is 4.79 Å². The van der Waals surface area contributed by atoms with E-state index in [0.29, 0.717) is 23.4 Å². The van der Waals surface area contributed by atoms with E-state index in [4.69, 9.17) is 11.0 Å². The van der Waals surface area contributed by atoms with Crippen LogP contribution in [0.5, 0.6) is 0 Å². The smallest absolute Gasteiger partial charge is 0.225 e. The standard InChI is InChI=1S/C16H15N3OS/c17-11-12-5-1-3-7-14(12)19-16(20)9-10-21-15-8-4-2-6-13(15)18/h1-8H,9-10,18H2,(H,19,20). The van der Waals surface area contributed by atoms with Gasteiger partial charge in [0, 0.05) is 22.8 Å². The van der Waals surface area contributed by atoms with E-state index in [9.17, 15) is 4.79 Å². The quantitative estimate of drug-likeness (QED) is 0.656. The van der Waals surface area contributed by atoms with Gasteiger partial charge in [0.25, 0.3) is 0 Å². The summed E-state index contributed by atoms with van der Waals surface area (Å²) in [5, 5.41) is 11.7. The van der Waals surface area contributed by atoms with Gasteiger partial charge in [0.2, 0.25) is 5.91 Å². The number of carbonyl (C=O) groups is 1. The van der Waals surface area contributed by atoms with Gasteiger partial charge in [-0.2, -0.15) is 5.26 Å². The van der Waals surface area contributed by atoms with Gasteiger partial charge in [0.15, 0.2) is 0 Å². The minimum Gasteiger partial charge on any atom is -0.398 e. The Kier molecular flexibility index (Phi) is 5.24. The normalized spacial score (nSPS) is 9.86. The third-order valence-electron chi connectivity index (χ3n) is 2.83. The molecule has 0 atom stereocenters. The van der Waals surface area contributed by atoms with Crippen LogP contribution >= 0.6 is 11.8 Å². The van der Waals surface area contributed by atoms with Crippen LogP contribution in [0.25, 0.3) is 0 Å². The van der Waals surface area contributed by atoms with E-state index in [0.717, 1.165) is 10.6 Å². The Labute approximate surface area is 128 Å². The van der Waals surface area contributed by atoms with Crippen molar-refractivity contribution in [1.82, 2.24) is 0 Å². The van der Waals surface area contributed by atoms with Crippen LogP contribution in [0, 0.1) is 11.3 Å². The molecular formula is C16H15N3OS. The fourth-order valence-corrected chi connectivity index (χ4v) is 2.68. The van der Waals surface area contributed by atoms with E-state index >= 15 is 0 Å². The molecule has 0 aliphatic rings. The highest BCUT2D eigenvalue weighted by molar-refractivity contribution is 7.99. The number of nitrogens with zero attached hydrogens (tertiary/aromatic N) is 1. The molecule has 2 aromatic rings. The third-order valence-corrected chi connectivity index (χ3v) is 3.92. The summed E-state index contributed by atoms with van der Waals surface area (Å²) in [5.41, 5.74) is 7.58. The summed E-state index contributed by atoms with van der Waals surface area (Å²) in [5.74, 6) is 0.522. The molecule has 0 saturated heterocycles. The molecule has 0 bridgehead atoms. The lowest BCUT2D eigenvalue weighted by atomic mass is 10.2. The van der Waals surface area contributed by atoms with E-state index in [-0.39, 0.29) is 5.91 Å². The van der Waals surface area contributed by atoms with Gasteiger partial charge in [-0.05, 0) is 24.3 Å². The number of hydrogen-bond acceptors (Lipinski definition) is 4. The minimum atomic E-state index is -0.111. The van der Waals surface area contributed by atoms with Gasteiger partial charge in [0.1, 0.15) is 6.07 Å². The predicted octanol–water partition coefficient (Wildman–Crippen LogP) is 3.26. The van der Waals surface area contributed by atoms with Crippen molar-refractivity contribution in [1.29, 1.82) is 5.26 Å². The van der Waals surface area contributed by atoms with Crippen molar-refractivity contribution in [3.63, 3.8) is 0 Å². The van der Waals surface area contributed by atoms with Gasteiger partial charge >= 0.3 is 0 Å². The maximum atomic E-state index is 11.9. The first kappa shape index (κ1) is 14.9. The van der Waals surface area contributed by atoms with E-state index in [2.05, 4.69) is 11.4 Å². The number of nitrogens with one attached hydrogen (secondary N) is 1. The van der Waals surface area contributed by atoms with Crippen molar-refractivity contribution in [2.45, 2.75) is 11.3 Å². The molecule has 0 saturated carbocycles. The Balaban J connectivity index is 1.86. The summed E-state index contributed by atoms with van der Waals surface area (Å²) in [6.07, 6.45) is 0.360. The fraction of sp³-hybridized carbons (Fsp3) is 0.125. The molecule has 0 unspecified atom stereocenters. The molecule has 2 aromatic carbocycles. The molecule has 0 heterocycles. The highest BCUT2D eigenvalue weighted by Crippen LogP contribution is 2.25. The maximum absolute atomic E-state index is 11.9. The zero-order valence-corrected chi connectivity index (χ0v) is 12.2. The van der Waals surface area contributed by atoms with Crippen LogP contribution in [0.3, 0.4) is 0 Å². The maximum Gasteiger partial charge on any atom is 0.225 e. The van der Waals surface area contributed by atoms with Crippen LogP contribution < -0.4 is 11.1 Å². The Bertz CT molecular complexity index is 679. The van der Waals surface area contributed by atoms with Gasteiger partial charge in [0.05, 0.1) is 11.3 Å². The first-order valence-electron chi connectivity index (χ1n) is 6.47. The van der Waals surface area contributed by atoms with Crippen molar-refractivity contribution in [3.05, 3.63) is 54.1 Å². The topological polar surface area (TPSA) is 78.9 Å². The predicted molar refractivity (Wildman–Crippen MR) is 86.0 cm³/mol. The Morgan fingerprint density at radius 2 is 1.90 bits per heavy atom. The largest absolute Gasteiger partial charge is 0.398 e. The summed E-state index contributed by atoms with van der Waals surface area (Å²) in [7, 11) is 0. The molecule has 0 spiro atoms. The van der Waals surface area contributed by atoms with Gasteiger partial charge in [-0.25, -0.2) is 0 Å². The number of rotatable bonds is 5. The summed E-state index contributed by atoms with van der Waals surface area (Å²) >= 11 is 1.55. The average molecular weight is 297 g/mol. The van der Waals surface area contributed by atoms with Gasteiger partial charge in [-0.1, -0.05) is 24.3 Å². The van der Waals surface area contributed by atoms with E-state index in [1.165, 1.54) is 0 Å². The molecule has 106 valence electrons. The fourth-order valence-electron chi connectivity index (χ4n) is 1.77. The highest BCUT2D eigenvalue weighted by atomic mass is 32.2. The molecule has 21 heavy (non-hydrogen) atoms. The summed E-state index contributed by atoms with van der Waals surface area (Å²) < 4.78 is 0. The van der Waals surface area contributed by atoms with Crippen LogP contribution in [0.1, 0.15) is 12.0 Å². The van der Waals surface area contributed by atoms with E-state index in [1.807, 2.05) is 24.3 Å². The molecular weight excluding hydrogens is 282 g/mol. The Morgan fingerprint density at radius 1 is 1.19 bits per heavy atom. The number of hydrogen-bond donors (Lipinski definition) is 2. The van der Waals surface area contributed by atoms with Crippen LogP contribution in [0.2, 0.25) is 0 Å². The zero-order chi connectivity index (χ0) is 15.1. The summed E-state index contributed by atoms with van der Waals surface area (Å²) in [6, 6.07) is 16.6. The lowest BCUT2D eigenvalue weighted by Crippen LogP contribution is -2.13. The lowest BCUT2D eigenvalue weighted by Gasteiger charge is -2.07. The van der Waals surface area contributed by atoms with Crippen LogP contribution in [0.15, 0.2) is 53.4 Å². The van der Waals surface area contributed by atoms with Crippen molar-refractivity contribution >= 4 is 29.0 Å². The number of anilines is 2. The number of carbonyl (C=O) groups excluding carboxylic acids is 1. The molecule has 0 radical (unpaired) electrons. The van der Waals surface area contributed by atoms with Crippen molar-refractivity contribution < 1.29 is 4.79 Å². The SMILES string of the molecule is N#Cc1ccccc1NC(=O)CCSc1ccccc1N. The molecule has 3 N–H and O–H groups in total. The number of thioether (sulfide) groups is 1. The van der Waals surface area contributed by atoms with Gasteiger partial charge < -0.3 is 11.1 Å². The van der Waals surface area contributed by atoms with Crippen molar-refractivity contribution in [3.8, 4) is 6.07 Å². The molecule has 0 aromatic heterocycles. The second-order valence-electron chi connectivity index (χ2n) is 4.34. The first-order chi connectivity index (χ1) is 10.2. The molecule has 0 fully saturated rings. The average Bonchev–Trinajstić information content (AvgIpc) is 2.50. The Hall–Kier alpha value is -2.45. The van der Waals surface area contributed by atoms with Crippen molar-refractivity contribution in [2.24, 2.45) is 0 Å². The summed E-state index contributed by atoms with van der Waals surface area (Å²) in [6.45, 7) is 0. The monoisotopic (exact) mass is 297 g/mol. The van der Waals surface area contributed by atoms with Crippen LogP contribution in [0.4, 0.5) is 11.4 Å². The second-order valence-corrected chi connectivity index (χ2v) is 5.48. The number of nitrogen functional groups attached to an aromatic ring is 1. The number of para-hydroxylation sites is 2. The summed E-state index contributed by atoms with van der Waals surface area (Å²) in [4.78, 5) is 12.9. The zero-order valence-electron chi connectivity index (χ0n) is 11.4. The van der Waals surface area contributed by atoms with Crippen LogP contribution in [-0.2, 0) is 4.79 Å². The molecule has 2 rings (SSSR count). The molecule has 0 aliphatic heterocycles. The molecule has 4 nitrogen and oxygen atoms in total. The second kappa shape index (κ2) is 7.36. The van der Waals surface area contributed by atoms with E-state index in [1.54, 1.807) is 36.0 Å². The number of benzene rings is 2. The van der Waals surface area contributed by atoms with E-state index < -0.39 is 0 Å². The van der Waals surface area contributed by atoms with Gasteiger partial charge in [-0.15, -0.1) is 11.8 Å². The van der Waals surface area contributed by atoms with Crippen molar-refractivity contribution in [2.75, 3.05) is 16.8 Å². The molecule has 0 aliphatic carbocycles.